The molecule has 120 valence electrons. The Hall–Kier alpha value is -2.88. The number of anilines is 1. The molecular formula is C13H12N4O5S. The molecule has 2 aromatic rings. The van der Waals surface area contributed by atoms with Gasteiger partial charge in [-0.1, -0.05) is 17.8 Å². The molecule has 1 aromatic heterocycles. The number of esters is 1. The van der Waals surface area contributed by atoms with Crippen LogP contribution in [-0.2, 0) is 9.53 Å². The SMILES string of the molecule is COC(=O)c1cccc(NC(=O)CSc2n[nH]c(=O)[nH]c2=O)c1. The number of carbonyl (C=O) groups is 2. The van der Waals surface area contributed by atoms with Gasteiger partial charge in [0.25, 0.3) is 5.56 Å². The lowest BCUT2D eigenvalue weighted by atomic mass is 10.2. The standard InChI is InChI=1S/C13H12N4O5S/c1-22-12(20)7-3-2-4-8(5-7)14-9(18)6-23-11-10(19)15-13(21)17-16-11/h2-5H,6H2,1H3,(H,14,18)(H2,15,17,19,21). The van der Waals surface area contributed by atoms with Gasteiger partial charge in [0.1, 0.15) is 0 Å². The number of hydrogen-bond donors (Lipinski definition) is 3. The van der Waals surface area contributed by atoms with E-state index in [0.29, 0.717) is 11.3 Å². The number of methoxy groups -OCH3 is 1. The van der Waals surface area contributed by atoms with Gasteiger partial charge in [-0.05, 0) is 18.2 Å². The highest BCUT2D eigenvalue weighted by atomic mass is 32.2. The Morgan fingerprint density at radius 1 is 1.35 bits per heavy atom. The van der Waals surface area contributed by atoms with Crippen LogP contribution in [-0.4, -0.2) is 39.9 Å². The summed E-state index contributed by atoms with van der Waals surface area (Å²) < 4.78 is 4.59. The molecule has 1 aromatic carbocycles. The Bertz CT molecular complexity index is 844. The largest absolute Gasteiger partial charge is 0.465 e. The molecule has 0 saturated carbocycles. The van der Waals surface area contributed by atoms with Crippen molar-refractivity contribution in [2.24, 2.45) is 0 Å². The fourth-order valence-corrected chi connectivity index (χ4v) is 2.24. The molecule has 0 atom stereocenters. The monoisotopic (exact) mass is 336 g/mol. The highest BCUT2D eigenvalue weighted by molar-refractivity contribution is 7.99. The first-order valence-electron chi connectivity index (χ1n) is 6.29. The van der Waals surface area contributed by atoms with E-state index in [1.54, 1.807) is 18.2 Å². The van der Waals surface area contributed by atoms with E-state index in [-0.39, 0.29) is 10.8 Å². The van der Waals surface area contributed by atoms with Crippen molar-refractivity contribution in [1.82, 2.24) is 15.2 Å². The number of nitrogens with one attached hydrogen (secondary N) is 3. The van der Waals surface area contributed by atoms with Crippen LogP contribution in [0.1, 0.15) is 10.4 Å². The van der Waals surface area contributed by atoms with Crippen molar-refractivity contribution in [1.29, 1.82) is 0 Å². The third kappa shape index (κ3) is 4.54. The summed E-state index contributed by atoms with van der Waals surface area (Å²) in [4.78, 5) is 47.5. The summed E-state index contributed by atoms with van der Waals surface area (Å²) >= 11 is 0.869. The van der Waals surface area contributed by atoms with Gasteiger partial charge in [-0.15, -0.1) is 0 Å². The highest BCUT2D eigenvalue weighted by Crippen LogP contribution is 2.13. The second-order valence-corrected chi connectivity index (χ2v) is 5.19. The summed E-state index contributed by atoms with van der Waals surface area (Å²) in [6, 6.07) is 6.24. The number of benzene rings is 1. The van der Waals surface area contributed by atoms with Crippen molar-refractivity contribution in [3.63, 3.8) is 0 Å². The van der Waals surface area contributed by atoms with Gasteiger partial charge in [0.05, 0.1) is 18.4 Å². The van der Waals surface area contributed by atoms with E-state index in [4.69, 9.17) is 0 Å². The summed E-state index contributed by atoms with van der Waals surface area (Å²) in [6.45, 7) is 0. The number of aromatic nitrogens is 3. The molecule has 1 amide bonds. The molecule has 0 radical (unpaired) electrons. The molecular weight excluding hydrogens is 324 g/mol. The van der Waals surface area contributed by atoms with Crippen LogP contribution in [0.4, 0.5) is 5.69 Å². The zero-order valence-electron chi connectivity index (χ0n) is 11.9. The number of thioether (sulfide) groups is 1. The van der Waals surface area contributed by atoms with Crippen LogP contribution in [0.3, 0.4) is 0 Å². The maximum Gasteiger partial charge on any atom is 0.342 e. The number of aromatic amines is 2. The van der Waals surface area contributed by atoms with E-state index >= 15 is 0 Å². The molecule has 0 fully saturated rings. The zero-order valence-corrected chi connectivity index (χ0v) is 12.7. The summed E-state index contributed by atoms with van der Waals surface area (Å²) in [5.41, 5.74) is -0.666. The Kier molecular flexibility index (Phi) is 5.31. The van der Waals surface area contributed by atoms with E-state index in [1.165, 1.54) is 13.2 Å². The number of carbonyl (C=O) groups excluding carboxylic acids is 2. The van der Waals surface area contributed by atoms with Crippen molar-refractivity contribution in [3.8, 4) is 0 Å². The van der Waals surface area contributed by atoms with E-state index < -0.39 is 23.1 Å². The molecule has 0 aliphatic heterocycles. The van der Waals surface area contributed by atoms with Crippen LogP contribution in [0, 0.1) is 0 Å². The van der Waals surface area contributed by atoms with E-state index in [1.807, 2.05) is 4.98 Å². The van der Waals surface area contributed by atoms with Gasteiger partial charge in [-0.2, -0.15) is 5.10 Å². The molecule has 1 heterocycles. The molecule has 2 rings (SSSR count). The van der Waals surface area contributed by atoms with Gasteiger partial charge < -0.3 is 10.1 Å². The van der Waals surface area contributed by atoms with Crippen LogP contribution >= 0.6 is 11.8 Å². The van der Waals surface area contributed by atoms with Crippen LogP contribution < -0.4 is 16.6 Å². The number of amides is 1. The fraction of sp³-hybridized carbons (Fsp3) is 0.154. The van der Waals surface area contributed by atoms with Gasteiger partial charge >= 0.3 is 11.7 Å². The van der Waals surface area contributed by atoms with Gasteiger partial charge in [-0.25, -0.2) is 14.7 Å². The van der Waals surface area contributed by atoms with Crippen molar-refractivity contribution >= 4 is 29.3 Å². The van der Waals surface area contributed by atoms with Crippen LogP contribution in [0.2, 0.25) is 0 Å². The predicted octanol–water partition coefficient (Wildman–Crippen LogP) is -0.0244. The summed E-state index contributed by atoms with van der Waals surface area (Å²) in [5.74, 6) is -1.01. The molecule has 0 unspecified atom stereocenters. The fourth-order valence-electron chi connectivity index (χ4n) is 1.61. The molecule has 0 bridgehead atoms. The van der Waals surface area contributed by atoms with Crippen molar-refractivity contribution in [2.75, 3.05) is 18.2 Å². The van der Waals surface area contributed by atoms with Crippen molar-refractivity contribution in [3.05, 3.63) is 50.7 Å². The van der Waals surface area contributed by atoms with Gasteiger partial charge in [-0.3, -0.25) is 14.6 Å². The average molecular weight is 336 g/mol. The summed E-state index contributed by atoms with van der Waals surface area (Å²) in [5, 5.41) is 8.18. The smallest absolute Gasteiger partial charge is 0.342 e. The first-order valence-corrected chi connectivity index (χ1v) is 7.28. The molecule has 9 nitrogen and oxygen atoms in total. The van der Waals surface area contributed by atoms with E-state index in [9.17, 15) is 19.2 Å². The number of hydrogen-bond acceptors (Lipinski definition) is 7. The first-order chi connectivity index (χ1) is 11.0. The normalized spacial score (nSPS) is 10.1. The first kappa shape index (κ1) is 16.5. The lowest BCUT2D eigenvalue weighted by molar-refractivity contribution is -0.113. The third-order valence-electron chi connectivity index (χ3n) is 2.59. The lowest BCUT2D eigenvalue weighted by Gasteiger charge is -2.06. The van der Waals surface area contributed by atoms with E-state index in [2.05, 4.69) is 20.3 Å². The Balaban J connectivity index is 1.98. The number of ether oxygens (including phenoxy) is 1. The van der Waals surface area contributed by atoms with Gasteiger partial charge in [0.15, 0.2) is 5.03 Å². The van der Waals surface area contributed by atoms with Crippen molar-refractivity contribution < 1.29 is 14.3 Å². The lowest BCUT2D eigenvalue weighted by Crippen LogP contribution is -2.25. The Morgan fingerprint density at radius 2 is 2.13 bits per heavy atom. The highest BCUT2D eigenvalue weighted by Gasteiger charge is 2.10. The minimum atomic E-state index is -0.719. The topological polar surface area (TPSA) is 134 Å². The molecule has 10 heteroatoms. The van der Waals surface area contributed by atoms with Crippen LogP contribution in [0.25, 0.3) is 0 Å². The van der Waals surface area contributed by atoms with Crippen LogP contribution in [0.15, 0.2) is 38.9 Å². The Labute approximate surface area is 133 Å². The third-order valence-corrected chi connectivity index (χ3v) is 3.54. The second kappa shape index (κ2) is 7.40. The number of nitrogens with zero attached hydrogens (tertiary/aromatic N) is 1. The number of rotatable bonds is 5. The quantitative estimate of drug-likeness (QED) is 0.516. The zero-order chi connectivity index (χ0) is 16.8. The molecule has 0 spiro atoms. The van der Waals surface area contributed by atoms with E-state index in [0.717, 1.165) is 11.8 Å². The molecule has 0 aliphatic carbocycles. The van der Waals surface area contributed by atoms with Gasteiger partial charge in [0.2, 0.25) is 5.91 Å². The summed E-state index contributed by atoms with van der Waals surface area (Å²) in [7, 11) is 1.26. The maximum atomic E-state index is 11.9. The predicted molar refractivity (Wildman–Crippen MR) is 82.6 cm³/mol. The molecule has 0 saturated heterocycles. The maximum absolute atomic E-state index is 11.9. The average Bonchev–Trinajstić information content (AvgIpc) is 2.53. The van der Waals surface area contributed by atoms with Crippen LogP contribution in [0.5, 0.6) is 0 Å². The second-order valence-electron chi connectivity index (χ2n) is 4.22. The minimum absolute atomic E-state index is 0.0249. The molecule has 3 N–H and O–H groups in total. The number of H-pyrrole nitrogens is 2. The van der Waals surface area contributed by atoms with Crippen molar-refractivity contribution in [2.45, 2.75) is 5.03 Å². The molecule has 0 aliphatic rings. The minimum Gasteiger partial charge on any atom is -0.465 e. The van der Waals surface area contributed by atoms with Gasteiger partial charge in [0, 0.05) is 5.69 Å². The molecule has 23 heavy (non-hydrogen) atoms. The summed E-state index contributed by atoms with van der Waals surface area (Å²) in [6.07, 6.45) is 0. The Morgan fingerprint density at radius 3 is 2.83 bits per heavy atom.